The van der Waals surface area contributed by atoms with Gasteiger partial charge < -0.3 is 14.5 Å². The number of hydrogen-bond donors (Lipinski definition) is 1. The molecule has 1 aromatic carbocycles. The number of benzene rings is 1. The number of nitriles is 1. The summed E-state index contributed by atoms with van der Waals surface area (Å²) in [4.78, 5) is 28.6. The molecule has 0 aliphatic heterocycles. The third-order valence-corrected chi connectivity index (χ3v) is 3.85. The quantitative estimate of drug-likeness (QED) is 0.706. The first-order valence-electron chi connectivity index (χ1n) is 8.74. The number of hydrogen-bond acceptors (Lipinski definition) is 5. The molecule has 0 spiro atoms. The number of pyridine rings is 1. The lowest BCUT2D eigenvalue weighted by Crippen LogP contribution is -2.34. The van der Waals surface area contributed by atoms with E-state index < -0.39 is 11.6 Å². The molecule has 3 aromatic rings. The maximum Gasteiger partial charge on any atom is 0.325 e. The second kappa shape index (κ2) is 7.53. The predicted octanol–water partition coefficient (Wildman–Crippen LogP) is 2.94. The summed E-state index contributed by atoms with van der Waals surface area (Å²) in [5, 5.41) is 11.4. The number of fused-ring (bicyclic) bond motifs is 1. The number of amides is 1. The van der Waals surface area contributed by atoms with Gasteiger partial charge in [0.2, 0.25) is 0 Å². The first-order chi connectivity index (χ1) is 13.2. The average molecular weight is 376 g/mol. The zero-order valence-corrected chi connectivity index (χ0v) is 15.9. The summed E-state index contributed by atoms with van der Waals surface area (Å²) in [5.41, 5.74) is 2.58. The smallest absolute Gasteiger partial charge is 0.325 e. The van der Waals surface area contributed by atoms with Gasteiger partial charge in [0.05, 0.1) is 17.3 Å². The number of rotatable bonds is 4. The summed E-state index contributed by atoms with van der Waals surface area (Å²) in [6, 6.07) is 12.5. The van der Waals surface area contributed by atoms with Crippen LogP contribution in [0.25, 0.3) is 16.9 Å². The van der Waals surface area contributed by atoms with Crippen LogP contribution in [-0.4, -0.2) is 33.4 Å². The maximum atomic E-state index is 12.3. The molecule has 2 aromatic heterocycles. The van der Waals surface area contributed by atoms with E-state index in [-0.39, 0.29) is 12.5 Å². The lowest BCUT2D eigenvalue weighted by molar-refractivity contribution is -0.153. The van der Waals surface area contributed by atoms with Crippen LogP contribution in [0.5, 0.6) is 0 Å². The standard InChI is InChI=1S/C21H20N4O3/c1-21(2,3)28-19(26)12-23-20(27)16-8-9-25-13-17(24-18(25)10-16)15-6-4-14(11-22)5-7-15/h4-10,13H,12H2,1-3H3,(H,23,27). The van der Waals surface area contributed by atoms with Crippen molar-refractivity contribution in [2.24, 2.45) is 0 Å². The zero-order chi connectivity index (χ0) is 20.3. The predicted molar refractivity (Wildman–Crippen MR) is 104 cm³/mol. The van der Waals surface area contributed by atoms with Gasteiger partial charge in [0.15, 0.2) is 0 Å². The van der Waals surface area contributed by atoms with Crippen LogP contribution in [0, 0.1) is 11.3 Å². The normalized spacial score (nSPS) is 11.1. The van der Waals surface area contributed by atoms with Gasteiger partial charge >= 0.3 is 5.97 Å². The van der Waals surface area contributed by atoms with E-state index in [2.05, 4.69) is 16.4 Å². The van der Waals surface area contributed by atoms with Gasteiger partial charge in [0.25, 0.3) is 5.91 Å². The highest BCUT2D eigenvalue weighted by Gasteiger charge is 2.17. The van der Waals surface area contributed by atoms with Crippen molar-refractivity contribution >= 4 is 17.5 Å². The Hall–Kier alpha value is -3.66. The highest BCUT2D eigenvalue weighted by Crippen LogP contribution is 2.20. The minimum Gasteiger partial charge on any atom is -0.459 e. The van der Waals surface area contributed by atoms with Gasteiger partial charge in [-0.1, -0.05) is 12.1 Å². The number of esters is 1. The van der Waals surface area contributed by atoms with E-state index in [0.717, 1.165) is 11.3 Å². The summed E-state index contributed by atoms with van der Waals surface area (Å²) in [6.07, 6.45) is 3.58. The van der Waals surface area contributed by atoms with Gasteiger partial charge in [-0.05, 0) is 45.0 Å². The van der Waals surface area contributed by atoms with E-state index in [1.807, 2.05) is 18.3 Å². The Balaban J connectivity index is 1.74. The Labute approximate surface area is 162 Å². The molecule has 28 heavy (non-hydrogen) atoms. The zero-order valence-electron chi connectivity index (χ0n) is 15.9. The summed E-state index contributed by atoms with van der Waals surface area (Å²) in [6.45, 7) is 5.10. The molecule has 0 bridgehead atoms. The second-order valence-corrected chi connectivity index (χ2v) is 7.27. The van der Waals surface area contributed by atoms with E-state index in [1.165, 1.54) is 0 Å². The summed E-state index contributed by atoms with van der Waals surface area (Å²) < 4.78 is 6.98. The Morgan fingerprint density at radius 1 is 1.21 bits per heavy atom. The monoisotopic (exact) mass is 376 g/mol. The fraction of sp³-hybridized carbons (Fsp3) is 0.238. The van der Waals surface area contributed by atoms with Crippen LogP contribution in [0.3, 0.4) is 0 Å². The molecule has 3 rings (SSSR count). The Kier molecular flexibility index (Phi) is 5.14. The minimum absolute atomic E-state index is 0.202. The third kappa shape index (κ3) is 4.54. The van der Waals surface area contributed by atoms with Crippen molar-refractivity contribution in [2.75, 3.05) is 6.54 Å². The molecule has 0 aliphatic carbocycles. The van der Waals surface area contributed by atoms with E-state index in [9.17, 15) is 9.59 Å². The minimum atomic E-state index is -0.599. The highest BCUT2D eigenvalue weighted by molar-refractivity contribution is 5.96. The van der Waals surface area contributed by atoms with E-state index in [1.54, 1.807) is 55.6 Å². The molecule has 0 saturated carbocycles. The number of nitrogens with zero attached hydrogens (tertiary/aromatic N) is 3. The van der Waals surface area contributed by atoms with Crippen molar-refractivity contribution in [3.63, 3.8) is 0 Å². The number of aromatic nitrogens is 2. The van der Waals surface area contributed by atoms with E-state index >= 15 is 0 Å². The van der Waals surface area contributed by atoms with Crippen LogP contribution in [0.2, 0.25) is 0 Å². The second-order valence-electron chi connectivity index (χ2n) is 7.27. The van der Waals surface area contributed by atoms with Gasteiger partial charge in [0, 0.05) is 23.5 Å². The van der Waals surface area contributed by atoms with Crippen molar-refractivity contribution in [1.29, 1.82) is 5.26 Å². The van der Waals surface area contributed by atoms with E-state index in [0.29, 0.717) is 16.8 Å². The molecule has 7 nitrogen and oxygen atoms in total. The van der Waals surface area contributed by atoms with Crippen LogP contribution >= 0.6 is 0 Å². The van der Waals surface area contributed by atoms with Crippen molar-refractivity contribution in [3.8, 4) is 17.3 Å². The lowest BCUT2D eigenvalue weighted by Gasteiger charge is -2.19. The van der Waals surface area contributed by atoms with Crippen LogP contribution in [0.1, 0.15) is 36.7 Å². The number of nitrogens with one attached hydrogen (secondary N) is 1. The average Bonchev–Trinajstić information content (AvgIpc) is 3.08. The molecule has 1 amide bonds. The summed E-state index contributed by atoms with van der Waals surface area (Å²) in [5.74, 6) is -0.873. The fourth-order valence-corrected chi connectivity index (χ4v) is 2.61. The highest BCUT2D eigenvalue weighted by atomic mass is 16.6. The Morgan fingerprint density at radius 2 is 1.93 bits per heavy atom. The van der Waals surface area contributed by atoms with Crippen molar-refractivity contribution in [2.45, 2.75) is 26.4 Å². The van der Waals surface area contributed by atoms with Gasteiger partial charge in [-0.15, -0.1) is 0 Å². The SMILES string of the molecule is CC(C)(C)OC(=O)CNC(=O)c1ccn2cc(-c3ccc(C#N)cc3)nc2c1. The molecule has 0 atom stereocenters. The molecule has 0 saturated heterocycles. The van der Waals surface area contributed by atoms with E-state index in [4.69, 9.17) is 10.00 Å². The van der Waals surface area contributed by atoms with Crippen molar-refractivity contribution in [1.82, 2.24) is 14.7 Å². The molecule has 0 aliphatic rings. The molecule has 2 heterocycles. The number of imidazole rings is 1. The number of ether oxygens (including phenoxy) is 1. The summed E-state index contributed by atoms with van der Waals surface area (Å²) in [7, 11) is 0. The van der Waals surface area contributed by atoms with Crippen molar-refractivity contribution < 1.29 is 14.3 Å². The third-order valence-electron chi connectivity index (χ3n) is 3.85. The Bertz CT molecular complexity index is 1070. The van der Waals surface area contributed by atoms with Gasteiger partial charge in [0.1, 0.15) is 17.8 Å². The molecule has 0 unspecified atom stereocenters. The summed E-state index contributed by atoms with van der Waals surface area (Å²) >= 11 is 0. The largest absolute Gasteiger partial charge is 0.459 e. The van der Waals surface area contributed by atoms with Gasteiger partial charge in [-0.2, -0.15) is 5.26 Å². The maximum absolute atomic E-state index is 12.3. The fourth-order valence-electron chi connectivity index (χ4n) is 2.61. The number of carbonyl (C=O) groups excluding carboxylic acids is 2. The van der Waals surface area contributed by atoms with Crippen molar-refractivity contribution in [3.05, 3.63) is 59.9 Å². The van der Waals surface area contributed by atoms with Crippen LogP contribution in [0.4, 0.5) is 0 Å². The molecule has 0 radical (unpaired) electrons. The molecule has 142 valence electrons. The lowest BCUT2D eigenvalue weighted by atomic mass is 10.1. The van der Waals surface area contributed by atoms with Gasteiger partial charge in [-0.25, -0.2) is 4.98 Å². The van der Waals surface area contributed by atoms with Gasteiger partial charge in [-0.3, -0.25) is 9.59 Å². The Morgan fingerprint density at radius 3 is 2.57 bits per heavy atom. The molecule has 7 heteroatoms. The first kappa shape index (κ1) is 19.1. The topological polar surface area (TPSA) is 96.5 Å². The first-order valence-corrected chi connectivity index (χ1v) is 8.74. The van der Waals surface area contributed by atoms with Crippen LogP contribution in [-0.2, 0) is 9.53 Å². The molecular weight excluding hydrogens is 356 g/mol. The number of carbonyl (C=O) groups is 2. The molecular formula is C21H20N4O3. The van der Waals surface area contributed by atoms with Crippen LogP contribution < -0.4 is 5.32 Å². The molecule has 0 fully saturated rings. The molecule has 1 N–H and O–H groups in total. The van der Waals surface area contributed by atoms with Crippen LogP contribution in [0.15, 0.2) is 48.8 Å².